The zero-order chi connectivity index (χ0) is 29.1. The Balaban J connectivity index is 0.000000455. The van der Waals surface area contributed by atoms with Gasteiger partial charge in [-0.1, -0.05) is 30.3 Å². The fraction of sp³-hybridized carbons (Fsp3) is 0.519. The Morgan fingerprint density at radius 1 is 1.03 bits per heavy atom. The van der Waals surface area contributed by atoms with E-state index in [0.717, 1.165) is 12.0 Å². The second-order valence-corrected chi connectivity index (χ2v) is 8.89. The summed E-state index contributed by atoms with van der Waals surface area (Å²) in [5.74, 6) is -0.803. The van der Waals surface area contributed by atoms with Gasteiger partial charge in [-0.15, -0.1) is 0 Å². The summed E-state index contributed by atoms with van der Waals surface area (Å²) in [5, 5.41) is 8.75. The molecule has 3 rings (SSSR count). The first-order chi connectivity index (χ1) is 18.4. The van der Waals surface area contributed by atoms with Gasteiger partial charge in [0.15, 0.2) is 6.29 Å². The van der Waals surface area contributed by atoms with Crippen molar-refractivity contribution < 1.29 is 45.7 Å². The molecule has 218 valence electrons. The number of carbonyl (C=O) groups is 1. The van der Waals surface area contributed by atoms with Crippen LogP contribution in [0.3, 0.4) is 0 Å². The SMILES string of the molecule is CCOCCOC(O)CN.O=C(c1cc(C(F)(F)F)cc(C(F)(F)F)c1)N1CCCC[C@H]1Cc1ccccc1. The van der Waals surface area contributed by atoms with Crippen LogP contribution in [0.5, 0.6) is 0 Å². The number of benzene rings is 2. The summed E-state index contributed by atoms with van der Waals surface area (Å²) in [6, 6.07) is 10.1. The van der Waals surface area contributed by atoms with E-state index < -0.39 is 41.2 Å². The Bertz CT molecular complexity index is 985. The fourth-order valence-electron chi connectivity index (χ4n) is 4.07. The average Bonchev–Trinajstić information content (AvgIpc) is 2.90. The van der Waals surface area contributed by atoms with Crippen molar-refractivity contribution in [3.8, 4) is 0 Å². The third-order valence-electron chi connectivity index (χ3n) is 5.98. The molecule has 1 amide bonds. The maximum atomic E-state index is 13.1. The van der Waals surface area contributed by atoms with Gasteiger partial charge in [0.2, 0.25) is 0 Å². The third kappa shape index (κ3) is 10.8. The molecule has 0 saturated carbocycles. The highest BCUT2D eigenvalue weighted by molar-refractivity contribution is 5.95. The van der Waals surface area contributed by atoms with Crippen LogP contribution in [0.1, 0.15) is 53.2 Å². The predicted molar refractivity (Wildman–Crippen MR) is 133 cm³/mol. The topological polar surface area (TPSA) is 85.0 Å². The smallest absolute Gasteiger partial charge is 0.379 e. The largest absolute Gasteiger partial charge is 0.416 e. The van der Waals surface area contributed by atoms with Crippen LogP contribution in [-0.2, 0) is 28.2 Å². The van der Waals surface area contributed by atoms with E-state index in [9.17, 15) is 31.1 Å². The molecule has 0 aliphatic carbocycles. The highest BCUT2D eigenvalue weighted by Gasteiger charge is 2.38. The Morgan fingerprint density at radius 2 is 1.64 bits per heavy atom. The standard InChI is InChI=1S/C21H19F6NO.C6H15NO3/c22-20(23,24)16-11-15(12-17(13-16)21(25,26)27)19(29)28-9-5-4-8-18(28)10-14-6-2-1-3-7-14;1-2-9-3-4-10-6(8)5-7/h1-3,6-7,11-13,18H,4-5,8-10H2;6,8H,2-5,7H2,1H3/t18-;/m0./s1. The molecule has 2 atom stereocenters. The maximum absolute atomic E-state index is 13.1. The van der Waals surface area contributed by atoms with E-state index in [1.165, 1.54) is 4.90 Å². The van der Waals surface area contributed by atoms with E-state index in [1.807, 2.05) is 37.3 Å². The van der Waals surface area contributed by atoms with Crippen molar-refractivity contribution in [2.24, 2.45) is 5.73 Å². The zero-order valence-corrected chi connectivity index (χ0v) is 21.6. The summed E-state index contributed by atoms with van der Waals surface area (Å²) in [6.45, 7) is 3.90. The number of aliphatic hydroxyl groups is 1. The van der Waals surface area contributed by atoms with Gasteiger partial charge in [0.25, 0.3) is 5.91 Å². The van der Waals surface area contributed by atoms with Crippen molar-refractivity contribution in [3.63, 3.8) is 0 Å². The Kier molecular flexibility index (Phi) is 12.7. The van der Waals surface area contributed by atoms with Gasteiger partial charge in [-0.2, -0.15) is 26.3 Å². The minimum absolute atomic E-state index is 0.0361. The predicted octanol–water partition coefficient (Wildman–Crippen LogP) is 5.28. The van der Waals surface area contributed by atoms with Crippen LogP contribution in [0, 0.1) is 0 Å². The Hall–Kier alpha value is -2.67. The molecule has 39 heavy (non-hydrogen) atoms. The molecular weight excluding hydrogens is 530 g/mol. The van der Waals surface area contributed by atoms with E-state index in [2.05, 4.69) is 0 Å². The zero-order valence-electron chi connectivity index (χ0n) is 21.6. The molecule has 1 aliphatic heterocycles. The van der Waals surface area contributed by atoms with Crippen LogP contribution in [0.2, 0.25) is 0 Å². The van der Waals surface area contributed by atoms with Crippen LogP contribution >= 0.6 is 0 Å². The maximum Gasteiger partial charge on any atom is 0.416 e. The molecule has 0 spiro atoms. The minimum atomic E-state index is -4.98. The number of hydrogen-bond donors (Lipinski definition) is 2. The second kappa shape index (κ2) is 15.2. The summed E-state index contributed by atoms with van der Waals surface area (Å²) < 4.78 is 88.4. The number of hydrogen-bond acceptors (Lipinski definition) is 5. The first-order valence-electron chi connectivity index (χ1n) is 12.6. The fourth-order valence-corrected chi connectivity index (χ4v) is 4.07. The summed E-state index contributed by atoms with van der Waals surface area (Å²) in [6.07, 6.45) is -8.17. The number of nitrogens with zero attached hydrogens (tertiary/aromatic N) is 1. The highest BCUT2D eigenvalue weighted by atomic mass is 19.4. The lowest BCUT2D eigenvalue weighted by molar-refractivity contribution is -0.143. The highest BCUT2D eigenvalue weighted by Crippen LogP contribution is 2.37. The van der Waals surface area contributed by atoms with E-state index >= 15 is 0 Å². The molecule has 1 unspecified atom stereocenters. The number of amides is 1. The number of rotatable bonds is 9. The first kappa shape index (κ1) is 32.5. The molecule has 1 heterocycles. The van der Waals surface area contributed by atoms with Crippen LogP contribution in [-0.4, -0.2) is 61.2 Å². The molecule has 1 aliphatic rings. The summed E-state index contributed by atoms with van der Waals surface area (Å²) >= 11 is 0. The number of carbonyl (C=O) groups excluding carboxylic acids is 1. The monoisotopic (exact) mass is 564 g/mol. The molecule has 12 heteroatoms. The average molecular weight is 565 g/mol. The number of alkyl halides is 6. The normalized spacial score (nSPS) is 16.8. The van der Waals surface area contributed by atoms with Gasteiger partial charge in [0.1, 0.15) is 0 Å². The minimum Gasteiger partial charge on any atom is -0.379 e. The van der Waals surface area contributed by atoms with Gasteiger partial charge in [0, 0.05) is 31.3 Å². The third-order valence-corrected chi connectivity index (χ3v) is 5.98. The van der Waals surface area contributed by atoms with Gasteiger partial charge < -0.3 is 25.2 Å². The number of ether oxygens (including phenoxy) is 2. The van der Waals surface area contributed by atoms with Crippen molar-refractivity contribution in [1.29, 1.82) is 0 Å². The van der Waals surface area contributed by atoms with Crippen molar-refractivity contribution in [2.75, 3.05) is 32.9 Å². The van der Waals surface area contributed by atoms with Crippen molar-refractivity contribution in [1.82, 2.24) is 4.90 Å². The summed E-state index contributed by atoms with van der Waals surface area (Å²) in [4.78, 5) is 14.4. The second-order valence-electron chi connectivity index (χ2n) is 8.89. The number of piperidine rings is 1. The lowest BCUT2D eigenvalue weighted by Gasteiger charge is -2.36. The molecule has 1 saturated heterocycles. The van der Waals surface area contributed by atoms with Gasteiger partial charge in [-0.3, -0.25) is 4.79 Å². The molecular formula is C27H34F6N2O4. The number of halogens is 6. The van der Waals surface area contributed by atoms with Crippen LogP contribution in [0.15, 0.2) is 48.5 Å². The molecule has 3 N–H and O–H groups in total. The van der Waals surface area contributed by atoms with E-state index in [-0.39, 0.29) is 18.7 Å². The first-order valence-corrected chi connectivity index (χ1v) is 12.6. The van der Waals surface area contributed by atoms with Crippen LogP contribution < -0.4 is 5.73 Å². The van der Waals surface area contributed by atoms with E-state index in [4.69, 9.17) is 20.3 Å². The van der Waals surface area contributed by atoms with Crippen LogP contribution in [0.4, 0.5) is 26.3 Å². The molecule has 2 aromatic rings. The molecule has 0 radical (unpaired) electrons. The molecule has 0 bridgehead atoms. The molecule has 2 aromatic carbocycles. The Labute approximate surface area is 223 Å². The lowest BCUT2D eigenvalue weighted by atomic mass is 9.94. The molecule has 6 nitrogen and oxygen atoms in total. The van der Waals surface area contributed by atoms with Crippen molar-refractivity contribution in [3.05, 3.63) is 70.8 Å². The Morgan fingerprint density at radius 3 is 2.18 bits per heavy atom. The van der Waals surface area contributed by atoms with Crippen molar-refractivity contribution >= 4 is 5.91 Å². The van der Waals surface area contributed by atoms with Gasteiger partial charge in [0.05, 0.1) is 24.3 Å². The molecule has 0 aromatic heterocycles. The van der Waals surface area contributed by atoms with Crippen LogP contribution in [0.25, 0.3) is 0 Å². The lowest BCUT2D eigenvalue weighted by Crippen LogP contribution is -2.45. The van der Waals surface area contributed by atoms with Crippen molar-refractivity contribution in [2.45, 2.75) is 57.3 Å². The van der Waals surface area contributed by atoms with Gasteiger partial charge >= 0.3 is 12.4 Å². The van der Waals surface area contributed by atoms with E-state index in [0.29, 0.717) is 57.8 Å². The number of aliphatic hydroxyl groups excluding tert-OH is 1. The quantitative estimate of drug-likeness (QED) is 0.246. The van der Waals surface area contributed by atoms with E-state index in [1.54, 1.807) is 0 Å². The number of likely N-dealkylation sites (tertiary alicyclic amines) is 1. The summed E-state index contributed by atoms with van der Waals surface area (Å²) in [7, 11) is 0. The number of nitrogens with two attached hydrogens (primary N) is 1. The van der Waals surface area contributed by atoms with Gasteiger partial charge in [-0.25, -0.2) is 0 Å². The molecule has 1 fully saturated rings. The van der Waals surface area contributed by atoms with Gasteiger partial charge in [-0.05, 0) is 56.4 Å². The summed E-state index contributed by atoms with van der Waals surface area (Å²) in [5.41, 5.74) is 2.48.